The summed E-state index contributed by atoms with van der Waals surface area (Å²) in [6.07, 6.45) is 3.93. The second kappa shape index (κ2) is 5.09. The number of rotatable bonds is 2. The molecule has 1 saturated heterocycles. The highest BCUT2D eigenvalue weighted by atomic mass is 16.5. The van der Waals surface area contributed by atoms with E-state index in [2.05, 4.69) is 23.6 Å². The average Bonchev–Trinajstić information content (AvgIpc) is 2.88. The first-order valence-electron chi connectivity index (χ1n) is 7.42. The molecule has 4 nitrogen and oxygen atoms in total. The molecule has 2 heterocycles. The van der Waals surface area contributed by atoms with E-state index in [4.69, 9.17) is 4.74 Å². The van der Waals surface area contributed by atoms with E-state index in [1.54, 1.807) is 0 Å². The Morgan fingerprint density at radius 3 is 3.10 bits per heavy atom. The maximum Gasteiger partial charge on any atom is 0.256 e. The number of ether oxygens (including phenoxy) is 1. The predicted molar refractivity (Wildman–Crippen MR) is 80.1 cm³/mol. The molecule has 1 aromatic rings. The molecule has 2 N–H and O–H groups in total. The lowest BCUT2D eigenvalue weighted by molar-refractivity contribution is -0.133. The largest absolute Gasteiger partial charge is 0.381 e. The van der Waals surface area contributed by atoms with Crippen LogP contribution in [-0.2, 0) is 16.0 Å². The summed E-state index contributed by atoms with van der Waals surface area (Å²) in [7, 11) is 0. The molecule has 1 amide bonds. The van der Waals surface area contributed by atoms with Crippen molar-refractivity contribution < 1.29 is 9.53 Å². The number of carbonyl (C=O) groups excluding carboxylic acids is 1. The van der Waals surface area contributed by atoms with E-state index in [1.165, 1.54) is 5.56 Å². The molecular weight excluding hydrogens is 252 g/mol. The summed E-state index contributed by atoms with van der Waals surface area (Å²) in [5.41, 5.74) is 2.54. The monoisotopic (exact) mass is 274 g/mol. The van der Waals surface area contributed by atoms with Gasteiger partial charge in [-0.15, -0.1) is 0 Å². The Balaban J connectivity index is 1.83. The summed E-state index contributed by atoms with van der Waals surface area (Å²) in [5.74, 6) is -0.0385. The van der Waals surface area contributed by atoms with Crippen LogP contribution in [0.3, 0.4) is 0 Å². The van der Waals surface area contributed by atoms with Crippen LogP contribution in [0.4, 0.5) is 11.4 Å². The SMILES string of the molecule is CC1CCc2cccc(NC(=O)C3(C)CCCO3)c2N1. The van der Waals surface area contributed by atoms with Gasteiger partial charge in [0.2, 0.25) is 0 Å². The Bertz CT molecular complexity index is 521. The number of nitrogens with one attached hydrogen (secondary N) is 2. The normalized spacial score (nSPS) is 28.6. The molecule has 1 aromatic carbocycles. The molecular formula is C16H22N2O2. The van der Waals surface area contributed by atoms with Gasteiger partial charge in [0.05, 0.1) is 11.4 Å². The highest BCUT2D eigenvalue weighted by molar-refractivity contribution is 6.00. The number of para-hydroxylation sites is 1. The standard InChI is InChI=1S/C16H22N2O2/c1-11-7-8-12-5-3-6-13(14(12)17-11)18-15(19)16(2)9-4-10-20-16/h3,5-6,11,17H,4,7-10H2,1-2H3,(H,18,19). The number of benzene rings is 1. The van der Waals surface area contributed by atoms with Gasteiger partial charge in [-0.25, -0.2) is 0 Å². The molecule has 2 unspecified atom stereocenters. The van der Waals surface area contributed by atoms with Gasteiger partial charge in [0, 0.05) is 12.6 Å². The molecule has 0 spiro atoms. The number of aryl methyl sites for hydroxylation is 1. The molecule has 20 heavy (non-hydrogen) atoms. The number of carbonyl (C=O) groups is 1. The van der Waals surface area contributed by atoms with Crippen LogP contribution < -0.4 is 10.6 Å². The fraction of sp³-hybridized carbons (Fsp3) is 0.562. The summed E-state index contributed by atoms with van der Waals surface area (Å²) < 4.78 is 5.61. The van der Waals surface area contributed by atoms with Crippen molar-refractivity contribution in [1.29, 1.82) is 0 Å². The fourth-order valence-electron chi connectivity index (χ4n) is 2.99. The Morgan fingerprint density at radius 2 is 2.35 bits per heavy atom. The summed E-state index contributed by atoms with van der Waals surface area (Å²) in [4.78, 5) is 12.4. The molecule has 108 valence electrons. The second-order valence-corrected chi connectivity index (χ2v) is 6.06. The zero-order valence-electron chi connectivity index (χ0n) is 12.2. The first kappa shape index (κ1) is 13.4. The lowest BCUT2D eigenvalue weighted by atomic mass is 9.97. The average molecular weight is 274 g/mol. The van der Waals surface area contributed by atoms with E-state index < -0.39 is 5.60 Å². The minimum absolute atomic E-state index is 0.0385. The molecule has 0 radical (unpaired) electrons. The van der Waals surface area contributed by atoms with Gasteiger partial charge in [0.15, 0.2) is 0 Å². The van der Waals surface area contributed by atoms with Gasteiger partial charge < -0.3 is 15.4 Å². The smallest absolute Gasteiger partial charge is 0.256 e. The third-order valence-electron chi connectivity index (χ3n) is 4.34. The minimum atomic E-state index is -0.678. The molecule has 2 aliphatic heterocycles. The second-order valence-electron chi connectivity index (χ2n) is 6.06. The third kappa shape index (κ3) is 2.40. The molecule has 4 heteroatoms. The number of hydrogen-bond donors (Lipinski definition) is 2. The zero-order valence-corrected chi connectivity index (χ0v) is 12.2. The maximum atomic E-state index is 12.4. The van der Waals surface area contributed by atoms with E-state index in [-0.39, 0.29) is 5.91 Å². The van der Waals surface area contributed by atoms with Crippen LogP contribution in [-0.4, -0.2) is 24.2 Å². The Kier molecular flexibility index (Phi) is 3.42. The molecule has 1 fully saturated rings. The third-order valence-corrected chi connectivity index (χ3v) is 4.34. The Hall–Kier alpha value is -1.55. The van der Waals surface area contributed by atoms with Crippen molar-refractivity contribution in [2.24, 2.45) is 0 Å². The van der Waals surface area contributed by atoms with Gasteiger partial charge in [0.1, 0.15) is 5.60 Å². The molecule has 2 atom stereocenters. The van der Waals surface area contributed by atoms with Crippen LogP contribution in [0, 0.1) is 0 Å². The summed E-state index contributed by atoms with van der Waals surface area (Å²) in [5, 5.41) is 6.53. The van der Waals surface area contributed by atoms with Crippen molar-refractivity contribution in [3.63, 3.8) is 0 Å². The van der Waals surface area contributed by atoms with Crippen molar-refractivity contribution in [3.05, 3.63) is 23.8 Å². The summed E-state index contributed by atoms with van der Waals surface area (Å²) in [6, 6.07) is 6.53. The molecule has 0 aromatic heterocycles. The topological polar surface area (TPSA) is 50.4 Å². The van der Waals surface area contributed by atoms with Crippen molar-refractivity contribution in [2.45, 2.75) is 51.2 Å². The predicted octanol–water partition coefficient (Wildman–Crippen LogP) is 2.94. The van der Waals surface area contributed by atoms with Crippen molar-refractivity contribution in [3.8, 4) is 0 Å². The quantitative estimate of drug-likeness (QED) is 0.871. The first-order chi connectivity index (χ1) is 9.58. The summed E-state index contributed by atoms with van der Waals surface area (Å²) >= 11 is 0. The number of anilines is 2. The molecule has 0 aliphatic carbocycles. The highest BCUT2D eigenvalue weighted by Crippen LogP contribution is 2.34. The van der Waals surface area contributed by atoms with Crippen LogP contribution in [0.1, 0.15) is 38.7 Å². The number of fused-ring (bicyclic) bond motifs is 1. The maximum absolute atomic E-state index is 12.4. The molecule has 2 aliphatic rings. The molecule has 3 rings (SSSR count). The number of amides is 1. The highest BCUT2D eigenvalue weighted by Gasteiger charge is 2.38. The lowest BCUT2D eigenvalue weighted by Gasteiger charge is -2.28. The first-order valence-corrected chi connectivity index (χ1v) is 7.42. The van der Waals surface area contributed by atoms with Gasteiger partial charge in [-0.2, -0.15) is 0 Å². The van der Waals surface area contributed by atoms with Gasteiger partial charge in [-0.05, 0) is 51.2 Å². The van der Waals surface area contributed by atoms with Crippen LogP contribution >= 0.6 is 0 Å². The van der Waals surface area contributed by atoms with Gasteiger partial charge >= 0.3 is 0 Å². The van der Waals surface area contributed by atoms with E-state index in [1.807, 2.05) is 19.1 Å². The van der Waals surface area contributed by atoms with Crippen molar-refractivity contribution in [2.75, 3.05) is 17.2 Å². The van der Waals surface area contributed by atoms with Gasteiger partial charge in [-0.3, -0.25) is 4.79 Å². The fourth-order valence-corrected chi connectivity index (χ4v) is 2.99. The van der Waals surface area contributed by atoms with Crippen LogP contribution in [0.15, 0.2) is 18.2 Å². The van der Waals surface area contributed by atoms with Crippen LogP contribution in [0.2, 0.25) is 0 Å². The Morgan fingerprint density at radius 1 is 1.50 bits per heavy atom. The summed E-state index contributed by atoms with van der Waals surface area (Å²) in [6.45, 7) is 4.72. The van der Waals surface area contributed by atoms with Crippen LogP contribution in [0.25, 0.3) is 0 Å². The van der Waals surface area contributed by atoms with Gasteiger partial charge in [-0.1, -0.05) is 12.1 Å². The molecule has 0 bridgehead atoms. The zero-order chi connectivity index (χ0) is 14.2. The van der Waals surface area contributed by atoms with Crippen molar-refractivity contribution >= 4 is 17.3 Å². The van der Waals surface area contributed by atoms with Crippen LogP contribution in [0.5, 0.6) is 0 Å². The Labute approximate surface area is 119 Å². The molecule has 0 saturated carbocycles. The van der Waals surface area contributed by atoms with E-state index in [0.29, 0.717) is 12.6 Å². The minimum Gasteiger partial charge on any atom is -0.381 e. The van der Waals surface area contributed by atoms with Crippen molar-refractivity contribution in [1.82, 2.24) is 0 Å². The van der Waals surface area contributed by atoms with E-state index in [0.717, 1.165) is 37.1 Å². The van der Waals surface area contributed by atoms with E-state index >= 15 is 0 Å². The van der Waals surface area contributed by atoms with Gasteiger partial charge in [0.25, 0.3) is 5.91 Å². The van der Waals surface area contributed by atoms with E-state index in [9.17, 15) is 4.79 Å². The lowest BCUT2D eigenvalue weighted by Crippen LogP contribution is -2.39. The number of hydrogen-bond acceptors (Lipinski definition) is 3.